The molecule has 0 unspecified atom stereocenters. The molecule has 6 heteroatoms. The standard InChI is InChI=1S/C7H9F3N2O/c1-4-5(3-11-12(4)2)6(13)7(8,9)10/h3,6,13H,1-2H3/t6-/m1/s1. The fourth-order valence-electron chi connectivity index (χ4n) is 0.960. The van der Waals surface area contributed by atoms with Gasteiger partial charge in [0.2, 0.25) is 0 Å². The van der Waals surface area contributed by atoms with Gasteiger partial charge in [-0.05, 0) is 6.92 Å². The highest BCUT2D eigenvalue weighted by atomic mass is 19.4. The van der Waals surface area contributed by atoms with Gasteiger partial charge in [0.05, 0.1) is 6.20 Å². The minimum Gasteiger partial charge on any atom is -0.379 e. The summed E-state index contributed by atoms with van der Waals surface area (Å²) in [5.74, 6) is 0. The van der Waals surface area contributed by atoms with Gasteiger partial charge in [0.1, 0.15) is 0 Å². The Kier molecular flexibility index (Phi) is 2.34. The molecule has 0 amide bonds. The van der Waals surface area contributed by atoms with Crippen LogP contribution < -0.4 is 0 Å². The predicted molar refractivity (Wildman–Crippen MR) is 39.0 cm³/mol. The van der Waals surface area contributed by atoms with Crippen molar-refractivity contribution < 1.29 is 18.3 Å². The Morgan fingerprint density at radius 1 is 1.54 bits per heavy atom. The molecule has 0 aliphatic carbocycles. The van der Waals surface area contributed by atoms with E-state index in [0.717, 1.165) is 6.20 Å². The van der Waals surface area contributed by atoms with Crippen LogP contribution >= 0.6 is 0 Å². The van der Waals surface area contributed by atoms with Crippen LogP contribution in [0.5, 0.6) is 0 Å². The first kappa shape index (κ1) is 10.0. The van der Waals surface area contributed by atoms with Gasteiger partial charge >= 0.3 is 6.18 Å². The van der Waals surface area contributed by atoms with Gasteiger partial charge in [0.25, 0.3) is 0 Å². The zero-order valence-electron chi connectivity index (χ0n) is 7.13. The number of nitrogens with zero attached hydrogens (tertiary/aromatic N) is 2. The Morgan fingerprint density at radius 3 is 2.38 bits per heavy atom. The van der Waals surface area contributed by atoms with Gasteiger partial charge in [-0.15, -0.1) is 0 Å². The summed E-state index contributed by atoms with van der Waals surface area (Å²) in [4.78, 5) is 0. The van der Waals surface area contributed by atoms with E-state index in [2.05, 4.69) is 5.10 Å². The molecule has 0 spiro atoms. The molecule has 0 aliphatic rings. The molecule has 1 N–H and O–H groups in total. The molecule has 0 fully saturated rings. The Bertz CT molecular complexity index is 305. The van der Waals surface area contributed by atoms with E-state index in [0.29, 0.717) is 5.69 Å². The summed E-state index contributed by atoms with van der Waals surface area (Å²) in [6.07, 6.45) is -6.05. The van der Waals surface area contributed by atoms with Crippen molar-refractivity contribution in [1.29, 1.82) is 0 Å². The number of aromatic nitrogens is 2. The molecule has 74 valence electrons. The van der Waals surface area contributed by atoms with Crippen LogP contribution in [-0.4, -0.2) is 21.1 Å². The quantitative estimate of drug-likeness (QED) is 0.732. The van der Waals surface area contributed by atoms with Crippen LogP contribution in [-0.2, 0) is 7.05 Å². The van der Waals surface area contributed by atoms with Crippen LogP contribution in [0.1, 0.15) is 17.4 Å². The highest BCUT2D eigenvalue weighted by Crippen LogP contribution is 2.33. The number of alkyl halides is 3. The highest BCUT2D eigenvalue weighted by Gasteiger charge is 2.40. The molecule has 0 saturated carbocycles. The van der Waals surface area contributed by atoms with Crippen molar-refractivity contribution in [3.05, 3.63) is 17.5 Å². The van der Waals surface area contributed by atoms with E-state index < -0.39 is 12.3 Å². The number of aliphatic hydroxyl groups is 1. The van der Waals surface area contributed by atoms with E-state index >= 15 is 0 Å². The van der Waals surface area contributed by atoms with E-state index in [-0.39, 0.29) is 5.56 Å². The fourth-order valence-corrected chi connectivity index (χ4v) is 0.960. The third kappa shape index (κ3) is 1.82. The van der Waals surface area contributed by atoms with E-state index in [1.54, 1.807) is 0 Å². The summed E-state index contributed by atoms with van der Waals surface area (Å²) in [5, 5.41) is 12.5. The number of rotatable bonds is 1. The minimum atomic E-state index is -4.63. The highest BCUT2D eigenvalue weighted by molar-refractivity contribution is 5.19. The maximum Gasteiger partial charge on any atom is 0.418 e. The third-order valence-electron chi connectivity index (χ3n) is 1.88. The summed E-state index contributed by atoms with van der Waals surface area (Å²) < 4.78 is 37.4. The number of hydrogen-bond donors (Lipinski definition) is 1. The van der Waals surface area contributed by atoms with Crippen molar-refractivity contribution in [2.75, 3.05) is 0 Å². The van der Waals surface area contributed by atoms with Crippen molar-refractivity contribution in [2.24, 2.45) is 7.05 Å². The molecule has 0 radical (unpaired) electrons. The second kappa shape index (κ2) is 3.02. The largest absolute Gasteiger partial charge is 0.418 e. The SMILES string of the molecule is Cc1c([C@@H](O)C(F)(F)F)cnn1C. The third-order valence-corrected chi connectivity index (χ3v) is 1.88. The molecular weight excluding hydrogens is 185 g/mol. The Labute approximate surface area is 72.8 Å². The fraction of sp³-hybridized carbons (Fsp3) is 0.571. The lowest BCUT2D eigenvalue weighted by Gasteiger charge is -2.13. The molecule has 0 aliphatic heterocycles. The van der Waals surface area contributed by atoms with Crippen LogP contribution in [0.4, 0.5) is 13.2 Å². The van der Waals surface area contributed by atoms with Crippen LogP contribution in [0.3, 0.4) is 0 Å². The van der Waals surface area contributed by atoms with Crippen molar-refractivity contribution in [3.63, 3.8) is 0 Å². The normalized spacial score (nSPS) is 14.6. The molecule has 3 nitrogen and oxygen atoms in total. The lowest BCUT2D eigenvalue weighted by molar-refractivity contribution is -0.207. The second-order valence-electron chi connectivity index (χ2n) is 2.75. The molecule has 1 atom stereocenters. The minimum absolute atomic E-state index is 0.199. The predicted octanol–water partition coefficient (Wildman–Crippen LogP) is 1.32. The second-order valence-corrected chi connectivity index (χ2v) is 2.75. The molecule has 1 rings (SSSR count). The van der Waals surface area contributed by atoms with Gasteiger partial charge in [-0.3, -0.25) is 4.68 Å². The average molecular weight is 194 g/mol. The zero-order valence-corrected chi connectivity index (χ0v) is 7.13. The topological polar surface area (TPSA) is 38.1 Å². The van der Waals surface area contributed by atoms with Gasteiger partial charge in [-0.25, -0.2) is 0 Å². The molecule has 0 aromatic carbocycles. The molecule has 1 aromatic rings. The maximum atomic E-state index is 12.0. The molecule has 1 heterocycles. The van der Waals surface area contributed by atoms with Gasteiger partial charge in [0.15, 0.2) is 6.10 Å². The van der Waals surface area contributed by atoms with Gasteiger partial charge in [-0.1, -0.05) is 0 Å². The van der Waals surface area contributed by atoms with Crippen LogP contribution in [0, 0.1) is 6.92 Å². The monoisotopic (exact) mass is 194 g/mol. The van der Waals surface area contributed by atoms with Crippen LogP contribution in [0.2, 0.25) is 0 Å². The smallest absolute Gasteiger partial charge is 0.379 e. The van der Waals surface area contributed by atoms with Crippen molar-refractivity contribution in [2.45, 2.75) is 19.2 Å². The molecule has 0 bridgehead atoms. The zero-order chi connectivity index (χ0) is 10.2. The van der Waals surface area contributed by atoms with E-state index in [1.807, 2.05) is 0 Å². The average Bonchev–Trinajstić information content (AvgIpc) is 2.30. The molecular formula is C7H9F3N2O. The summed E-state index contributed by atoms with van der Waals surface area (Å²) >= 11 is 0. The van der Waals surface area contributed by atoms with Gasteiger partial charge < -0.3 is 5.11 Å². The summed E-state index contributed by atoms with van der Waals surface area (Å²) in [6.45, 7) is 1.47. The van der Waals surface area contributed by atoms with Gasteiger partial charge in [-0.2, -0.15) is 18.3 Å². The van der Waals surface area contributed by atoms with Crippen molar-refractivity contribution >= 4 is 0 Å². The lowest BCUT2D eigenvalue weighted by atomic mass is 10.1. The number of aliphatic hydroxyl groups excluding tert-OH is 1. The maximum absolute atomic E-state index is 12.0. The van der Waals surface area contributed by atoms with E-state index in [4.69, 9.17) is 5.11 Å². The number of halogens is 3. The molecule has 13 heavy (non-hydrogen) atoms. The Morgan fingerprint density at radius 2 is 2.08 bits per heavy atom. The molecule has 0 saturated heterocycles. The van der Waals surface area contributed by atoms with E-state index in [9.17, 15) is 13.2 Å². The molecule has 1 aromatic heterocycles. The lowest BCUT2D eigenvalue weighted by Crippen LogP contribution is -2.20. The summed E-state index contributed by atoms with van der Waals surface area (Å²) in [6, 6.07) is 0. The Balaban J connectivity index is 3.02. The van der Waals surface area contributed by atoms with Crippen molar-refractivity contribution in [3.8, 4) is 0 Å². The number of hydrogen-bond acceptors (Lipinski definition) is 2. The van der Waals surface area contributed by atoms with Crippen LogP contribution in [0.15, 0.2) is 6.20 Å². The first-order valence-corrected chi connectivity index (χ1v) is 3.57. The van der Waals surface area contributed by atoms with Gasteiger partial charge in [0, 0.05) is 18.3 Å². The Hall–Kier alpha value is -1.04. The van der Waals surface area contributed by atoms with Crippen molar-refractivity contribution in [1.82, 2.24) is 9.78 Å². The number of aryl methyl sites for hydroxylation is 1. The van der Waals surface area contributed by atoms with E-state index in [1.165, 1.54) is 18.7 Å². The summed E-state index contributed by atoms with van der Waals surface area (Å²) in [7, 11) is 1.52. The first-order valence-electron chi connectivity index (χ1n) is 3.57. The summed E-state index contributed by atoms with van der Waals surface area (Å²) in [5.41, 5.74) is 0.111. The first-order chi connectivity index (χ1) is 5.84. The van der Waals surface area contributed by atoms with Crippen LogP contribution in [0.25, 0.3) is 0 Å².